The van der Waals surface area contributed by atoms with Crippen molar-refractivity contribution in [3.8, 4) is 0 Å². The number of unbranched alkanes of at least 4 members (excludes halogenated alkanes) is 1. The molecular formula is C13H19BrO6. The van der Waals surface area contributed by atoms with Crippen LogP contribution in [0, 0.1) is 0 Å². The Morgan fingerprint density at radius 1 is 0.850 bits per heavy atom. The van der Waals surface area contributed by atoms with Crippen molar-refractivity contribution in [3.05, 3.63) is 11.1 Å². The van der Waals surface area contributed by atoms with Crippen LogP contribution >= 0.6 is 15.9 Å². The van der Waals surface area contributed by atoms with Crippen molar-refractivity contribution in [2.75, 3.05) is 26.7 Å². The summed E-state index contributed by atoms with van der Waals surface area (Å²) >= 11 is 3.29. The van der Waals surface area contributed by atoms with Gasteiger partial charge in [0.25, 0.3) is 0 Å². The summed E-state index contributed by atoms with van der Waals surface area (Å²) in [7, 11) is 3.62. The minimum atomic E-state index is -0.727. The van der Waals surface area contributed by atoms with E-state index in [9.17, 15) is 14.4 Å². The van der Waals surface area contributed by atoms with Crippen LogP contribution in [-0.4, -0.2) is 44.6 Å². The summed E-state index contributed by atoms with van der Waals surface area (Å²) in [6.07, 6.45) is 1.52. The molecule has 0 aliphatic rings. The highest BCUT2D eigenvalue weighted by Gasteiger charge is 2.24. The molecule has 0 atom stereocenters. The van der Waals surface area contributed by atoms with Crippen LogP contribution in [0.1, 0.15) is 25.7 Å². The molecule has 0 aromatic heterocycles. The average molecular weight is 351 g/mol. The lowest BCUT2D eigenvalue weighted by atomic mass is 10.00. The Morgan fingerprint density at radius 2 is 1.40 bits per heavy atom. The first-order valence-corrected chi connectivity index (χ1v) is 7.15. The Hall–Kier alpha value is -1.37. The number of carbonyl (C=O) groups is 3. The number of alkyl halides is 1. The van der Waals surface area contributed by atoms with Crippen LogP contribution < -0.4 is 0 Å². The monoisotopic (exact) mass is 350 g/mol. The van der Waals surface area contributed by atoms with Gasteiger partial charge < -0.3 is 14.2 Å². The second kappa shape index (κ2) is 10.4. The van der Waals surface area contributed by atoms with Gasteiger partial charge in [0.15, 0.2) is 0 Å². The maximum Gasteiger partial charge on any atom is 0.334 e. The first-order chi connectivity index (χ1) is 9.51. The molecule has 0 aliphatic carbocycles. The van der Waals surface area contributed by atoms with Gasteiger partial charge >= 0.3 is 17.9 Å². The largest absolute Gasteiger partial charge is 0.469 e. The maximum atomic E-state index is 11.8. The highest BCUT2D eigenvalue weighted by Crippen LogP contribution is 2.19. The van der Waals surface area contributed by atoms with Crippen molar-refractivity contribution >= 4 is 33.8 Å². The maximum absolute atomic E-state index is 11.8. The topological polar surface area (TPSA) is 78.9 Å². The van der Waals surface area contributed by atoms with Crippen molar-refractivity contribution in [3.63, 3.8) is 0 Å². The standard InChI is InChI=1S/C13H19BrO6/c1-18-11(15)8-10(13(17)20-3)9(12(16)19-2)6-4-5-7-14/h4-8H2,1-3H3/b10-9-. The molecule has 0 bridgehead atoms. The number of rotatable bonds is 8. The Kier molecular flexibility index (Phi) is 9.71. The zero-order chi connectivity index (χ0) is 15.5. The molecule has 0 saturated carbocycles. The van der Waals surface area contributed by atoms with Crippen LogP contribution in [0.4, 0.5) is 0 Å². The van der Waals surface area contributed by atoms with Crippen LogP contribution in [0.25, 0.3) is 0 Å². The van der Waals surface area contributed by atoms with Gasteiger partial charge in [0, 0.05) is 10.9 Å². The SMILES string of the molecule is COC(=O)C/C(C(=O)OC)=C(\CCCCBr)C(=O)OC. The number of halogens is 1. The number of esters is 3. The Labute approximate surface area is 126 Å². The lowest BCUT2D eigenvalue weighted by molar-refractivity contribution is -0.143. The summed E-state index contributed by atoms with van der Waals surface area (Å²) in [6.45, 7) is 0. The molecule has 0 heterocycles. The molecule has 20 heavy (non-hydrogen) atoms. The van der Waals surface area contributed by atoms with Gasteiger partial charge in [0.2, 0.25) is 0 Å². The lowest BCUT2D eigenvalue weighted by Gasteiger charge is -2.11. The third kappa shape index (κ3) is 6.18. The average Bonchev–Trinajstić information content (AvgIpc) is 2.47. The summed E-state index contributed by atoms with van der Waals surface area (Å²) in [5.41, 5.74) is 0.145. The van der Waals surface area contributed by atoms with Crippen LogP contribution in [0.15, 0.2) is 11.1 Å². The number of hydrogen-bond acceptors (Lipinski definition) is 6. The molecule has 0 spiro atoms. The van der Waals surface area contributed by atoms with Gasteiger partial charge in [-0.3, -0.25) is 4.79 Å². The minimum Gasteiger partial charge on any atom is -0.469 e. The van der Waals surface area contributed by atoms with Crippen LogP contribution in [0.5, 0.6) is 0 Å². The molecule has 0 aliphatic heterocycles. The summed E-state index contributed by atoms with van der Waals surface area (Å²) in [6, 6.07) is 0. The van der Waals surface area contributed by atoms with Gasteiger partial charge in [-0.2, -0.15) is 0 Å². The Balaban J connectivity index is 5.40. The zero-order valence-electron chi connectivity index (χ0n) is 11.9. The summed E-state index contributed by atoms with van der Waals surface area (Å²) in [5, 5.41) is 0.784. The Morgan fingerprint density at radius 3 is 1.85 bits per heavy atom. The van der Waals surface area contributed by atoms with E-state index in [1.165, 1.54) is 21.3 Å². The normalized spacial score (nSPS) is 11.4. The Bertz CT molecular complexity index is 388. The van der Waals surface area contributed by atoms with Crippen molar-refractivity contribution in [2.45, 2.75) is 25.7 Å². The van der Waals surface area contributed by atoms with Crippen molar-refractivity contribution in [1.29, 1.82) is 0 Å². The van der Waals surface area contributed by atoms with E-state index >= 15 is 0 Å². The van der Waals surface area contributed by atoms with Gasteiger partial charge in [-0.15, -0.1) is 0 Å². The van der Waals surface area contributed by atoms with Crippen molar-refractivity contribution in [1.82, 2.24) is 0 Å². The molecule has 0 fully saturated rings. The van der Waals surface area contributed by atoms with Gasteiger partial charge in [0.1, 0.15) is 0 Å². The molecule has 0 amide bonds. The summed E-state index contributed by atoms with van der Waals surface area (Å²) in [4.78, 5) is 34.9. The smallest absolute Gasteiger partial charge is 0.334 e. The second-order valence-corrected chi connectivity index (χ2v) is 4.63. The molecule has 114 valence electrons. The van der Waals surface area contributed by atoms with E-state index in [1.807, 2.05) is 0 Å². The second-order valence-electron chi connectivity index (χ2n) is 3.84. The molecule has 0 saturated heterocycles. The van der Waals surface area contributed by atoms with Crippen LogP contribution in [0.3, 0.4) is 0 Å². The van der Waals surface area contributed by atoms with Gasteiger partial charge in [-0.05, 0) is 19.3 Å². The van der Waals surface area contributed by atoms with Crippen molar-refractivity contribution < 1.29 is 28.6 Å². The van der Waals surface area contributed by atoms with Crippen molar-refractivity contribution in [2.24, 2.45) is 0 Å². The molecule has 0 rings (SSSR count). The third-order valence-electron chi connectivity index (χ3n) is 2.59. The molecule has 0 unspecified atom stereocenters. The van der Waals surface area contributed by atoms with E-state index in [4.69, 9.17) is 0 Å². The van der Waals surface area contributed by atoms with E-state index in [1.54, 1.807) is 0 Å². The fraction of sp³-hybridized carbons (Fsp3) is 0.615. The number of hydrogen-bond donors (Lipinski definition) is 0. The van der Waals surface area contributed by atoms with Gasteiger partial charge in [-0.25, -0.2) is 9.59 Å². The fourth-order valence-corrected chi connectivity index (χ4v) is 1.93. The van der Waals surface area contributed by atoms with E-state index < -0.39 is 17.9 Å². The predicted molar refractivity (Wildman–Crippen MR) is 75.3 cm³/mol. The molecule has 7 heteroatoms. The first kappa shape index (κ1) is 18.6. The lowest BCUT2D eigenvalue weighted by Crippen LogP contribution is -2.18. The van der Waals surface area contributed by atoms with E-state index in [0.717, 1.165) is 11.8 Å². The van der Waals surface area contributed by atoms with Crippen LogP contribution in [0.2, 0.25) is 0 Å². The fourth-order valence-electron chi connectivity index (χ4n) is 1.54. The van der Waals surface area contributed by atoms with E-state index in [0.29, 0.717) is 12.8 Å². The summed E-state index contributed by atoms with van der Waals surface area (Å²) < 4.78 is 13.8. The zero-order valence-corrected chi connectivity index (χ0v) is 13.4. The van der Waals surface area contributed by atoms with E-state index in [-0.39, 0.29) is 17.6 Å². The van der Waals surface area contributed by atoms with E-state index in [2.05, 4.69) is 30.1 Å². The minimum absolute atomic E-state index is 0.0132. The molecule has 0 radical (unpaired) electrons. The number of methoxy groups -OCH3 is 3. The van der Waals surface area contributed by atoms with Gasteiger partial charge in [-0.1, -0.05) is 15.9 Å². The molecule has 0 aromatic rings. The highest BCUT2D eigenvalue weighted by molar-refractivity contribution is 9.09. The number of ether oxygens (including phenoxy) is 3. The molecular weight excluding hydrogens is 332 g/mol. The molecule has 0 aromatic carbocycles. The highest BCUT2D eigenvalue weighted by atomic mass is 79.9. The summed E-state index contributed by atoms with van der Waals surface area (Å²) in [5.74, 6) is -1.98. The van der Waals surface area contributed by atoms with Crippen LogP contribution in [-0.2, 0) is 28.6 Å². The van der Waals surface area contributed by atoms with Gasteiger partial charge in [0.05, 0.1) is 33.3 Å². The third-order valence-corrected chi connectivity index (χ3v) is 3.15. The quantitative estimate of drug-likeness (QED) is 0.218. The predicted octanol–water partition coefficient (Wildman–Crippen LogP) is 1.76. The molecule has 0 N–H and O–H groups in total. The molecule has 6 nitrogen and oxygen atoms in total. The number of carbonyl (C=O) groups excluding carboxylic acids is 3. The first-order valence-electron chi connectivity index (χ1n) is 6.03.